The summed E-state index contributed by atoms with van der Waals surface area (Å²) < 4.78 is 161. The van der Waals surface area contributed by atoms with Gasteiger partial charge < -0.3 is 4.42 Å². The number of rotatable bonds is 2. The molecule has 47 heavy (non-hydrogen) atoms. The fraction of sp³-hybridized carbons (Fsp3) is 0. The molecule has 0 N–H and O–H groups in total. The van der Waals surface area contributed by atoms with E-state index in [2.05, 4.69) is 0 Å². The molecule has 0 spiro atoms. The smallest absolute Gasteiger partial charge is 0.136 e. The summed E-state index contributed by atoms with van der Waals surface area (Å²) in [6, 6.07) is 5.62. The van der Waals surface area contributed by atoms with Crippen LogP contribution in [0, 0.1) is 0 Å². The third-order valence-electron chi connectivity index (χ3n) is 9.18. The lowest BCUT2D eigenvalue weighted by atomic mass is 9.81. The molecular weight excluding hydrogens is 569 g/mol. The molecule has 1 heteroatoms. The number of hydrogen-bond acceptors (Lipinski definition) is 1. The first-order valence-electron chi connectivity index (χ1n) is 23.4. The summed E-state index contributed by atoms with van der Waals surface area (Å²) in [6.45, 7) is 0. The van der Waals surface area contributed by atoms with E-state index in [9.17, 15) is 8.22 Å². The predicted octanol–water partition coefficient (Wildman–Crippen LogP) is 13.3. The third kappa shape index (κ3) is 3.33. The van der Waals surface area contributed by atoms with Crippen molar-refractivity contribution >= 4 is 86.6 Å². The Morgan fingerprint density at radius 2 is 1.00 bits per heavy atom. The first-order valence-corrected chi connectivity index (χ1v) is 14.9. The van der Waals surface area contributed by atoms with Gasteiger partial charge in [0.25, 0.3) is 0 Å². The summed E-state index contributed by atoms with van der Waals surface area (Å²) in [5.74, 6) is 0. The van der Waals surface area contributed by atoms with Gasteiger partial charge in [-0.2, -0.15) is 0 Å². The third-order valence-corrected chi connectivity index (χ3v) is 9.18. The highest BCUT2D eigenvalue weighted by molar-refractivity contribution is 6.33. The first-order chi connectivity index (χ1) is 30.4. The quantitative estimate of drug-likeness (QED) is 0.140. The second kappa shape index (κ2) is 9.19. The zero-order chi connectivity index (χ0) is 45.4. The van der Waals surface area contributed by atoms with Crippen LogP contribution in [0.25, 0.3) is 109 Å². The molecule has 0 aliphatic carbocycles. The number of furan rings is 1. The second-order valence-electron chi connectivity index (χ2n) is 11.5. The lowest BCUT2D eigenvalue weighted by Crippen LogP contribution is -1.94. The Bertz CT molecular complexity index is 4030. The number of fused-ring (bicyclic) bond motifs is 7. The Morgan fingerprint density at radius 3 is 1.85 bits per heavy atom. The minimum atomic E-state index is -0.755. The largest absolute Gasteiger partial charge is 0.456 e. The molecule has 1 aromatic heterocycles. The topological polar surface area (TPSA) is 13.1 Å². The van der Waals surface area contributed by atoms with Gasteiger partial charge in [-0.25, -0.2) is 0 Å². The van der Waals surface area contributed by atoms with Crippen molar-refractivity contribution in [3.63, 3.8) is 0 Å². The van der Waals surface area contributed by atoms with Gasteiger partial charge in [0, 0.05) is 10.8 Å². The lowest BCUT2D eigenvalue weighted by Gasteiger charge is -2.21. The minimum Gasteiger partial charge on any atom is -0.456 e. The van der Waals surface area contributed by atoms with Gasteiger partial charge in [0.1, 0.15) is 11.2 Å². The zero-order valence-corrected chi connectivity index (χ0v) is 24.1. The molecule has 10 aromatic carbocycles. The molecule has 1 heterocycles. The van der Waals surface area contributed by atoms with Crippen LogP contribution in [0.2, 0.25) is 0 Å². The fourth-order valence-electron chi connectivity index (χ4n) is 7.30. The number of benzene rings is 10. The van der Waals surface area contributed by atoms with E-state index in [1.54, 1.807) is 6.07 Å². The van der Waals surface area contributed by atoms with Crippen molar-refractivity contribution < 1.29 is 27.7 Å². The summed E-state index contributed by atoms with van der Waals surface area (Å²) in [6.07, 6.45) is 0. The van der Waals surface area contributed by atoms with Gasteiger partial charge in [0.15, 0.2) is 0 Å². The molecule has 0 aliphatic rings. The molecule has 11 aromatic rings. The van der Waals surface area contributed by atoms with Crippen LogP contribution in [0.3, 0.4) is 0 Å². The van der Waals surface area contributed by atoms with Crippen molar-refractivity contribution in [2.24, 2.45) is 0 Å². The van der Waals surface area contributed by atoms with E-state index in [0.29, 0.717) is 10.9 Å². The Morgan fingerprint density at radius 1 is 0.340 bits per heavy atom. The molecule has 0 fully saturated rings. The maximum Gasteiger partial charge on any atom is 0.136 e. The summed E-state index contributed by atoms with van der Waals surface area (Å²) in [7, 11) is 0. The van der Waals surface area contributed by atoms with Gasteiger partial charge in [0.05, 0.1) is 23.3 Å². The van der Waals surface area contributed by atoms with Crippen LogP contribution >= 0.6 is 0 Å². The Balaban J connectivity index is 1.54. The SMILES string of the molecule is [2H]c1c([2H])c([2H])c2c(oc3c([2H])c([2H])c([2H])c(-c4c5c([2H])c([2H])c([2H])c([2H])c5c(-c5ccc6ccc7cccc8ccc5c6c78)c5c4c([2H])c([2H])c4c([2H])c([2H])c([2H])c([2H])c45)c32)c1[2H]. The van der Waals surface area contributed by atoms with Crippen molar-refractivity contribution in [2.45, 2.75) is 0 Å². The van der Waals surface area contributed by atoms with Gasteiger partial charge in [-0.15, -0.1) is 0 Å². The Labute approximate surface area is 294 Å². The van der Waals surface area contributed by atoms with Crippen molar-refractivity contribution in [1.82, 2.24) is 0 Å². The standard InChI is InChI=1S/C46H26O/c1-2-12-31-27(9-1)21-26-38-43(37-16-8-18-40-44(37)36-15-5-6-17-39(36)47-40)32-13-3-4-14-33(32)46(45(31)38)35-25-23-30-20-19-28-10-7-11-29-22-24-34(35)42(30)41(28)29/h1-26H/i1D,2D,3D,4D,5D,6D,8D,9D,12D,13D,14D,15D,16D,17D,18D,21D,26D. The summed E-state index contributed by atoms with van der Waals surface area (Å²) in [5.41, 5.74) is -1.25. The number of hydrogen-bond donors (Lipinski definition) is 0. The van der Waals surface area contributed by atoms with E-state index in [1.807, 2.05) is 48.5 Å². The molecule has 0 atom stereocenters. The van der Waals surface area contributed by atoms with E-state index in [4.69, 9.17) is 19.5 Å². The van der Waals surface area contributed by atoms with Crippen molar-refractivity contribution in [1.29, 1.82) is 0 Å². The normalized spacial score (nSPS) is 17.3. The maximum atomic E-state index is 9.86. The van der Waals surface area contributed by atoms with Gasteiger partial charge in [-0.05, 0) is 99.0 Å². The second-order valence-corrected chi connectivity index (χ2v) is 11.5. The van der Waals surface area contributed by atoms with Gasteiger partial charge in [0.2, 0.25) is 0 Å². The molecule has 0 saturated heterocycles. The van der Waals surface area contributed by atoms with Crippen LogP contribution in [0.5, 0.6) is 0 Å². The van der Waals surface area contributed by atoms with Crippen LogP contribution in [-0.2, 0) is 0 Å². The molecule has 0 radical (unpaired) electrons. The fourth-order valence-corrected chi connectivity index (χ4v) is 7.30. The highest BCUT2D eigenvalue weighted by Crippen LogP contribution is 2.50. The van der Waals surface area contributed by atoms with E-state index in [1.165, 1.54) is 0 Å². The molecule has 0 unspecified atom stereocenters. The zero-order valence-electron chi connectivity index (χ0n) is 41.1. The minimum absolute atomic E-state index is 0.0344. The van der Waals surface area contributed by atoms with Gasteiger partial charge in [-0.3, -0.25) is 0 Å². The number of para-hydroxylation sites is 1. The highest BCUT2D eigenvalue weighted by atomic mass is 16.3. The van der Waals surface area contributed by atoms with Crippen LogP contribution in [-0.4, -0.2) is 0 Å². The molecule has 0 bridgehead atoms. The van der Waals surface area contributed by atoms with Gasteiger partial charge >= 0.3 is 0 Å². The molecule has 216 valence electrons. The Kier molecular flexibility index (Phi) is 2.75. The van der Waals surface area contributed by atoms with Crippen LogP contribution in [0.15, 0.2) is 162 Å². The van der Waals surface area contributed by atoms with Crippen molar-refractivity contribution in [3.05, 3.63) is 157 Å². The van der Waals surface area contributed by atoms with E-state index >= 15 is 0 Å². The van der Waals surface area contributed by atoms with Crippen molar-refractivity contribution in [3.8, 4) is 22.3 Å². The van der Waals surface area contributed by atoms with Gasteiger partial charge in [-0.1, -0.05) is 145 Å². The average Bonchev–Trinajstić information content (AvgIpc) is 3.69. The lowest BCUT2D eigenvalue weighted by molar-refractivity contribution is 0.669. The summed E-state index contributed by atoms with van der Waals surface area (Å²) in [5, 5.41) is 2.76. The van der Waals surface area contributed by atoms with E-state index < -0.39 is 119 Å². The molecule has 0 saturated carbocycles. The monoisotopic (exact) mass is 611 g/mol. The molecule has 0 aliphatic heterocycles. The average molecular weight is 612 g/mol. The van der Waals surface area contributed by atoms with Crippen LogP contribution in [0.4, 0.5) is 0 Å². The van der Waals surface area contributed by atoms with Crippen molar-refractivity contribution in [2.75, 3.05) is 0 Å². The maximum absolute atomic E-state index is 9.86. The summed E-state index contributed by atoms with van der Waals surface area (Å²) >= 11 is 0. The highest BCUT2D eigenvalue weighted by Gasteiger charge is 2.23. The molecule has 0 amide bonds. The predicted molar refractivity (Wildman–Crippen MR) is 201 cm³/mol. The molecule has 1 nitrogen and oxygen atoms in total. The molecule has 11 rings (SSSR count). The summed E-state index contributed by atoms with van der Waals surface area (Å²) in [4.78, 5) is 0. The van der Waals surface area contributed by atoms with Crippen LogP contribution in [0.1, 0.15) is 23.3 Å². The Hall–Kier alpha value is -6.18. The molecular formula is C46H26O. The van der Waals surface area contributed by atoms with E-state index in [-0.39, 0.29) is 54.2 Å². The van der Waals surface area contributed by atoms with E-state index in [0.717, 1.165) is 26.9 Å². The first kappa shape index (κ1) is 14.1. The van der Waals surface area contributed by atoms with Crippen LogP contribution < -0.4 is 0 Å².